The van der Waals surface area contributed by atoms with Crippen molar-refractivity contribution in [2.24, 2.45) is 4.99 Å². The van der Waals surface area contributed by atoms with Gasteiger partial charge in [0.25, 0.3) is 0 Å². The quantitative estimate of drug-likeness (QED) is 0.525. The second kappa shape index (κ2) is 7.41. The van der Waals surface area contributed by atoms with Crippen LogP contribution < -0.4 is 9.54 Å². The van der Waals surface area contributed by atoms with E-state index in [0.717, 1.165) is 33.3 Å². The molecule has 0 saturated heterocycles. The average Bonchev–Trinajstić information content (AvgIpc) is 3.34. The van der Waals surface area contributed by atoms with Gasteiger partial charge in [-0.3, -0.25) is 4.98 Å². The van der Waals surface area contributed by atoms with Gasteiger partial charge in [-0.2, -0.15) is 0 Å². The molecule has 0 amide bonds. The third-order valence-electron chi connectivity index (χ3n) is 3.96. The highest BCUT2D eigenvalue weighted by Crippen LogP contribution is 2.25. The lowest BCUT2D eigenvalue weighted by Gasteiger charge is -2.11. The Kier molecular flexibility index (Phi) is 4.66. The summed E-state index contributed by atoms with van der Waals surface area (Å²) >= 11 is 1.57. The van der Waals surface area contributed by atoms with Crippen molar-refractivity contribution in [1.29, 1.82) is 0 Å². The molecule has 0 saturated carbocycles. The molecule has 3 aromatic heterocycles. The molecular formula is C20H17N3O2S. The van der Waals surface area contributed by atoms with E-state index in [1.165, 1.54) is 0 Å². The van der Waals surface area contributed by atoms with Crippen molar-refractivity contribution in [3.63, 3.8) is 0 Å². The Bertz CT molecular complexity index is 1050. The summed E-state index contributed by atoms with van der Waals surface area (Å²) in [6.45, 7) is 0.628. The Hall–Kier alpha value is -3.12. The maximum absolute atomic E-state index is 5.62. The van der Waals surface area contributed by atoms with E-state index in [1.54, 1.807) is 37.1 Å². The minimum absolute atomic E-state index is 0.628. The second-order valence-electron chi connectivity index (χ2n) is 5.60. The van der Waals surface area contributed by atoms with Gasteiger partial charge in [0.15, 0.2) is 10.6 Å². The van der Waals surface area contributed by atoms with E-state index in [-0.39, 0.29) is 0 Å². The molecular weight excluding hydrogens is 346 g/mol. The number of aromatic nitrogens is 2. The Balaban J connectivity index is 1.85. The minimum Gasteiger partial charge on any atom is -0.496 e. The number of hydrogen-bond acceptors (Lipinski definition) is 5. The lowest BCUT2D eigenvalue weighted by molar-refractivity contribution is 0.408. The highest BCUT2D eigenvalue weighted by atomic mass is 32.1. The first-order valence-corrected chi connectivity index (χ1v) is 9.02. The molecule has 0 aliphatic rings. The standard InChI is InChI=1S/C20H17N3O2S/c1-24-18-8-3-2-6-15(18)13-23-17(19-9-5-11-25-19)14-26-20(23)22-16-7-4-10-21-12-16/h2-12,14H,13H2,1H3. The second-order valence-corrected chi connectivity index (χ2v) is 6.44. The van der Waals surface area contributed by atoms with Crippen molar-refractivity contribution in [1.82, 2.24) is 9.55 Å². The predicted octanol–water partition coefficient (Wildman–Crippen LogP) is 4.49. The van der Waals surface area contributed by atoms with Gasteiger partial charge in [-0.1, -0.05) is 18.2 Å². The fraction of sp³-hybridized carbons (Fsp3) is 0.100. The van der Waals surface area contributed by atoms with Crippen LogP contribution in [-0.2, 0) is 6.54 Å². The van der Waals surface area contributed by atoms with Crippen LogP contribution >= 0.6 is 11.3 Å². The molecule has 0 atom stereocenters. The number of para-hydroxylation sites is 1. The van der Waals surface area contributed by atoms with Gasteiger partial charge < -0.3 is 13.7 Å². The first-order chi connectivity index (χ1) is 12.8. The number of furan rings is 1. The molecule has 0 bridgehead atoms. The molecule has 0 aliphatic carbocycles. The Morgan fingerprint density at radius 1 is 1.15 bits per heavy atom. The number of hydrogen-bond donors (Lipinski definition) is 0. The maximum Gasteiger partial charge on any atom is 0.190 e. The topological polar surface area (TPSA) is 52.5 Å². The first kappa shape index (κ1) is 16.4. The van der Waals surface area contributed by atoms with Crippen LogP contribution in [0.15, 0.2) is 82.0 Å². The van der Waals surface area contributed by atoms with E-state index in [4.69, 9.17) is 14.1 Å². The lowest BCUT2D eigenvalue weighted by Crippen LogP contribution is -2.17. The average molecular weight is 363 g/mol. The molecule has 0 radical (unpaired) electrons. The van der Waals surface area contributed by atoms with Crippen molar-refractivity contribution >= 4 is 17.0 Å². The van der Waals surface area contributed by atoms with Crippen molar-refractivity contribution in [3.05, 3.63) is 82.9 Å². The SMILES string of the molecule is COc1ccccc1Cn1c(-c2ccco2)csc1=Nc1cccnc1. The van der Waals surface area contributed by atoms with E-state index in [2.05, 4.69) is 21.0 Å². The van der Waals surface area contributed by atoms with Gasteiger partial charge in [-0.25, -0.2) is 4.99 Å². The number of benzene rings is 1. The van der Waals surface area contributed by atoms with E-state index in [1.807, 2.05) is 42.5 Å². The van der Waals surface area contributed by atoms with Crippen molar-refractivity contribution in [2.45, 2.75) is 6.54 Å². The molecule has 26 heavy (non-hydrogen) atoms. The number of methoxy groups -OCH3 is 1. The molecule has 130 valence electrons. The van der Waals surface area contributed by atoms with Crippen LogP contribution in [0.3, 0.4) is 0 Å². The molecule has 0 unspecified atom stereocenters. The molecule has 4 rings (SSSR count). The van der Waals surface area contributed by atoms with Crippen molar-refractivity contribution < 1.29 is 9.15 Å². The summed E-state index contributed by atoms with van der Waals surface area (Å²) in [4.78, 5) is 9.77. The third-order valence-corrected chi connectivity index (χ3v) is 4.83. The van der Waals surface area contributed by atoms with Crippen LogP contribution in [0.25, 0.3) is 11.5 Å². The van der Waals surface area contributed by atoms with Crippen LogP contribution in [0.2, 0.25) is 0 Å². The van der Waals surface area contributed by atoms with Crippen molar-refractivity contribution in [3.8, 4) is 17.2 Å². The third kappa shape index (κ3) is 3.32. The number of rotatable bonds is 5. The van der Waals surface area contributed by atoms with Gasteiger partial charge >= 0.3 is 0 Å². The molecule has 4 aromatic rings. The monoisotopic (exact) mass is 363 g/mol. The number of ether oxygens (including phenoxy) is 1. The fourth-order valence-electron chi connectivity index (χ4n) is 2.73. The lowest BCUT2D eigenvalue weighted by atomic mass is 10.2. The zero-order chi connectivity index (χ0) is 17.8. The molecule has 0 fully saturated rings. The zero-order valence-corrected chi connectivity index (χ0v) is 15.0. The van der Waals surface area contributed by atoms with Gasteiger partial charge in [0.1, 0.15) is 5.75 Å². The fourth-order valence-corrected chi connectivity index (χ4v) is 3.64. The van der Waals surface area contributed by atoms with Gasteiger partial charge in [0.05, 0.1) is 37.5 Å². The van der Waals surface area contributed by atoms with Gasteiger partial charge in [-0.05, 0) is 30.3 Å². The normalized spacial score (nSPS) is 11.7. The summed E-state index contributed by atoms with van der Waals surface area (Å²) in [5, 5.41) is 2.06. The van der Waals surface area contributed by atoms with Crippen LogP contribution in [0.1, 0.15) is 5.56 Å². The van der Waals surface area contributed by atoms with E-state index in [9.17, 15) is 0 Å². The summed E-state index contributed by atoms with van der Waals surface area (Å²) in [5.74, 6) is 1.66. The molecule has 5 nitrogen and oxygen atoms in total. The highest BCUT2D eigenvalue weighted by Gasteiger charge is 2.13. The molecule has 0 aliphatic heterocycles. The molecule has 0 spiro atoms. The summed E-state index contributed by atoms with van der Waals surface area (Å²) in [6.07, 6.45) is 5.17. The summed E-state index contributed by atoms with van der Waals surface area (Å²) in [7, 11) is 1.69. The smallest absolute Gasteiger partial charge is 0.190 e. The summed E-state index contributed by atoms with van der Waals surface area (Å²) in [6, 6.07) is 15.7. The molecule has 3 heterocycles. The molecule has 0 N–H and O–H groups in total. The van der Waals surface area contributed by atoms with E-state index in [0.29, 0.717) is 6.54 Å². The number of pyridine rings is 1. The van der Waals surface area contributed by atoms with Crippen LogP contribution in [0.4, 0.5) is 5.69 Å². The summed E-state index contributed by atoms with van der Waals surface area (Å²) in [5.41, 5.74) is 2.87. The zero-order valence-electron chi connectivity index (χ0n) is 14.2. The Labute approximate surface area is 154 Å². The minimum atomic E-state index is 0.628. The molecule has 6 heteroatoms. The maximum atomic E-state index is 5.62. The molecule has 1 aromatic carbocycles. The first-order valence-electron chi connectivity index (χ1n) is 8.14. The van der Waals surface area contributed by atoms with Crippen LogP contribution in [0, 0.1) is 0 Å². The van der Waals surface area contributed by atoms with Gasteiger partial charge in [0.2, 0.25) is 0 Å². The van der Waals surface area contributed by atoms with Crippen molar-refractivity contribution in [2.75, 3.05) is 7.11 Å². The van der Waals surface area contributed by atoms with Crippen LogP contribution in [-0.4, -0.2) is 16.7 Å². The highest BCUT2D eigenvalue weighted by molar-refractivity contribution is 7.07. The largest absolute Gasteiger partial charge is 0.496 e. The van der Waals surface area contributed by atoms with E-state index < -0.39 is 0 Å². The Morgan fingerprint density at radius 3 is 2.85 bits per heavy atom. The van der Waals surface area contributed by atoms with E-state index >= 15 is 0 Å². The van der Waals surface area contributed by atoms with Gasteiger partial charge in [0, 0.05) is 17.1 Å². The van der Waals surface area contributed by atoms with Crippen LogP contribution in [0.5, 0.6) is 5.75 Å². The predicted molar refractivity (Wildman–Crippen MR) is 102 cm³/mol. The number of nitrogens with zero attached hydrogens (tertiary/aromatic N) is 3. The summed E-state index contributed by atoms with van der Waals surface area (Å²) < 4.78 is 13.3. The van der Waals surface area contributed by atoms with Gasteiger partial charge in [-0.15, -0.1) is 11.3 Å². The number of thiazole rings is 1. The Morgan fingerprint density at radius 2 is 2.08 bits per heavy atom.